The zero-order valence-electron chi connectivity index (χ0n) is 9.19. The predicted molar refractivity (Wildman–Crippen MR) is 60.9 cm³/mol. The van der Waals surface area contributed by atoms with Crippen LogP contribution in [0.2, 0.25) is 0 Å². The van der Waals surface area contributed by atoms with Gasteiger partial charge in [0.1, 0.15) is 0 Å². The van der Waals surface area contributed by atoms with E-state index in [9.17, 15) is 4.79 Å². The van der Waals surface area contributed by atoms with Crippen LogP contribution >= 0.6 is 11.8 Å². The number of methoxy groups -OCH3 is 1. The van der Waals surface area contributed by atoms with Crippen molar-refractivity contribution in [2.45, 2.75) is 30.5 Å². The lowest BCUT2D eigenvalue weighted by atomic mass is 10.3. The quantitative estimate of drug-likeness (QED) is 0.583. The minimum Gasteiger partial charge on any atom is -0.469 e. The molecule has 0 radical (unpaired) electrons. The van der Waals surface area contributed by atoms with Crippen LogP contribution in [-0.4, -0.2) is 23.3 Å². The van der Waals surface area contributed by atoms with Crippen molar-refractivity contribution < 1.29 is 9.53 Å². The minimum atomic E-state index is -0.179. The summed E-state index contributed by atoms with van der Waals surface area (Å²) in [5, 5.41) is 1.13. The van der Waals surface area contributed by atoms with Gasteiger partial charge in [0, 0.05) is 11.4 Å². The predicted octanol–water partition coefficient (Wildman–Crippen LogP) is 2.43. The smallest absolute Gasteiger partial charge is 0.306 e. The van der Waals surface area contributed by atoms with Gasteiger partial charge < -0.3 is 4.74 Å². The van der Waals surface area contributed by atoms with Crippen molar-refractivity contribution in [1.29, 1.82) is 0 Å². The van der Waals surface area contributed by atoms with E-state index in [1.54, 1.807) is 11.8 Å². The lowest BCUT2D eigenvalue weighted by molar-refractivity contribution is -0.140. The zero-order chi connectivity index (χ0) is 11.3. The number of hydrogen-bond acceptors (Lipinski definition) is 4. The Hall–Kier alpha value is -1.03. The van der Waals surface area contributed by atoms with Crippen LogP contribution in [0.25, 0.3) is 0 Å². The fourth-order valence-corrected chi connectivity index (χ4v) is 1.98. The molecule has 0 N–H and O–H groups in total. The normalized spacial score (nSPS) is 12.2. The fraction of sp³-hybridized carbons (Fsp3) is 0.455. The van der Waals surface area contributed by atoms with Crippen molar-refractivity contribution in [2.75, 3.05) is 7.11 Å². The lowest BCUT2D eigenvalue weighted by Crippen LogP contribution is -2.08. The molecular formula is C11H15NO2S. The maximum absolute atomic E-state index is 11.0. The highest BCUT2D eigenvalue weighted by Gasteiger charge is 2.10. The Bertz CT molecular complexity index is 324. The van der Waals surface area contributed by atoms with Gasteiger partial charge in [-0.2, -0.15) is 0 Å². The van der Waals surface area contributed by atoms with E-state index in [1.807, 2.05) is 32.2 Å². The Morgan fingerprint density at radius 3 is 2.87 bits per heavy atom. The Balaban J connectivity index is 2.47. The number of thioether (sulfide) groups is 1. The molecule has 1 aromatic rings. The summed E-state index contributed by atoms with van der Waals surface area (Å²) in [5.74, 6) is -0.179. The highest BCUT2D eigenvalue weighted by atomic mass is 32.2. The maximum atomic E-state index is 11.0. The van der Waals surface area contributed by atoms with Crippen molar-refractivity contribution in [3.8, 4) is 0 Å². The molecule has 0 aromatic carbocycles. The lowest BCUT2D eigenvalue weighted by Gasteiger charge is -2.08. The molecule has 0 amide bonds. The second kappa shape index (κ2) is 5.75. The average Bonchev–Trinajstić information content (AvgIpc) is 2.21. The molecule has 0 aliphatic heterocycles. The summed E-state index contributed by atoms with van der Waals surface area (Å²) in [6.07, 6.45) is 2.24. The number of rotatable bonds is 4. The highest BCUT2D eigenvalue weighted by molar-refractivity contribution is 7.99. The highest BCUT2D eigenvalue weighted by Crippen LogP contribution is 2.23. The van der Waals surface area contributed by atoms with E-state index in [2.05, 4.69) is 9.72 Å². The van der Waals surface area contributed by atoms with Crippen LogP contribution in [0.4, 0.5) is 0 Å². The molecule has 1 heterocycles. The molecule has 15 heavy (non-hydrogen) atoms. The number of carbonyl (C=O) groups is 1. The molecule has 1 unspecified atom stereocenters. The number of ether oxygens (including phenoxy) is 1. The summed E-state index contributed by atoms with van der Waals surface area (Å²) in [7, 11) is 1.41. The van der Waals surface area contributed by atoms with Gasteiger partial charge in [0.05, 0.1) is 18.6 Å². The van der Waals surface area contributed by atoms with Crippen molar-refractivity contribution >= 4 is 17.7 Å². The fourth-order valence-electron chi connectivity index (χ4n) is 1.09. The summed E-state index contributed by atoms with van der Waals surface area (Å²) in [6.45, 7) is 3.99. The van der Waals surface area contributed by atoms with Gasteiger partial charge in [-0.3, -0.25) is 4.79 Å². The number of carbonyl (C=O) groups excluding carboxylic acids is 1. The summed E-state index contributed by atoms with van der Waals surface area (Å²) < 4.78 is 4.61. The van der Waals surface area contributed by atoms with Gasteiger partial charge >= 0.3 is 5.97 Å². The Morgan fingerprint density at radius 2 is 2.33 bits per heavy atom. The minimum absolute atomic E-state index is 0.179. The number of esters is 1. The second-order valence-corrected chi connectivity index (χ2v) is 4.84. The summed E-state index contributed by atoms with van der Waals surface area (Å²) >= 11 is 1.58. The van der Waals surface area contributed by atoms with Gasteiger partial charge in [-0.1, -0.05) is 13.0 Å². The molecule has 82 valence electrons. The van der Waals surface area contributed by atoms with Crippen LogP contribution in [0.5, 0.6) is 0 Å². The summed E-state index contributed by atoms with van der Waals surface area (Å²) in [5.41, 5.74) is 1.14. The first-order chi connectivity index (χ1) is 7.11. The van der Waals surface area contributed by atoms with Crippen LogP contribution in [0, 0.1) is 6.92 Å². The van der Waals surface area contributed by atoms with Gasteiger partial charge in [0.2, 0.25) is 0 Å². The maximum Gasteiger partial charge on any atom is 0.306 e. The number of nitrogens with zero attached hydrogens (tertiary/aromatic N) is 1. The molecule has 0 spiro atoms. The molecule has 1 rings (SSSR count). The molecule has 1 aromatic heterocycles. The topological polar surface area (TPSA) is 39.2 Å². The molecule has 0 bridgehead atoms. The summed E-state index contributed by atoms with van der Waals surface area (Å²) in [4.78, 5) is 15.3. The third-order valence-electron chi connectivity index (χ3n) is 1.89. The number of hydrogen-bond donors (Lipinski definition) is 0. The second-order valence-electron chi connectivity index (χ2n) is 3.38. The molecule has 0 fully saturated rings. The van der Waals surface area contributed by atoms with Crippen molar-refractivity contribution in [3.63, 3.8) is 0 Å². The Morgan fingerprint density at radius 1 is 1.60 bits per heavy atom. The van der Waals surface area contributed by atoms with E-state index in [0.29, 0.717) is 6.42 Å². The van der Waals surface area contributed by atoms with E-state index in [1.165, 1.54) is 7.11 Å². The molecule has 0 aliphatic carbocycles. The third kappa shape index (κ3) is 4.34. The van der Waals surface area contributed by atoms with E-state index in [0.717, 1.165) is 10.6 Å². The van der Waals surface area contributed by atoms with Gasteiger partial charge in [-0.15, -0.1) is 11.8 Å². The first-order valence-electron chi connectivity index (χ1n) is 4.78. The summed E-state index contributed by atoms with van der Waals surface area (Å²) in [6, 6.07) is 3.98. The van der Waals surface area contributed by atoms with Crippen LogP contribution in [0.3, 0.4) is 0 Å². The largest absolute Gasteiger partial charge is 0.469 e. The molecule has 3 nitrogen and oxygen atoms in total. The Labute approximate surface area is 94.2 Å². The van der Waals surface area contributed by atoms with Crippen LogP contribution in [0.15, 0.2) is 23.4 Å². The van der Waals surface area contributed by atoms with E-state index in [-0.39, 0.29) is 11.2 Å². The van der Waals surface area contributed by atoms with Gasteiger partial charge in [0.15, 0.2) is 0 Å². The molecule has 1 atom stereocenters. The molecule has 0 saturated carbocycles. The number of pyridine rings is 1. The molecule has 4 heteroatoms. The third-order valence-corrected chi connectivity index (χ3v) is 2.94. The average molecular weight is 225 g/mol. The van der Waals surface area contributed by atoms with Gasteiger partial charge in [-0.05, 0) is 18.6 Å². The van der Waals surface area contributed by atoms with Crippen molar-refractivity contribution in [2.24, 2.45) is 0 Å². The monoisotopic (exact) mass is 225 g/mol. The van der Waals surface area contributed by atoms with Crippen molar-refractivity contribution in [3.05, 3.63) is 23.9 Å². The SMILES string of the molecule is COC(=O)CC(C)Sc1ccc(C)cn1. The van der Waals surface area contributed by atoms with Crippen molar-refractivity contribution in [1.82, 2.24) is 4.98 Å². The van der Waals surface area contributed by atoms with E-state index >= 15 is 0 Å². The van der Waals surface area contributed by atoms with Crippen LogP contribution in [0.1, 0.15) is 18.9 Å². The standard InChI is InChI=1S/C11H15NO2S/c1-8-4-5-10(12-7-8)15-9(2)6-11(13)14-3/h4-5,7,9H,6H2,1-3H3. The number of aryl methyl sites for hydroxylation is 1. The van der Waals surface area contributed by atoms with Gasteiger partial charge in [-0.25, -0.2) is 4.98 Å². The van der Waals surface area contributed by atoms with Crippen LogP contribution < -0.4 is 0 Å². The van der Waals surface area contributed by atoms with E-state index < -0.39 is 0 Å². The molecule has 0 saturated heterocycles. The molecular weight excluding hydrogens is 210 g/mol. The van der Waals surface area contributed by atoms with E-state index in [4.69, 9.17) is 0 Å². The first kappa shape index (κ1) is 12.0. The number of aromatic nitrogens is 1. The van der Waals surface area contributed by atoms with Crippen LogP contribution in [-0.2, 0) is 9.53 Å². The molecule has 0 aliphatic rings. The first-order valence-corrected chi connectivity index (χ1v) is 5.66. The Kier molecular flexibility index (Phi) is 4.62. The zero-order valence-corrected chi connectivity index (χ0v) is 10.0. The van der Waals surface area contributed by atoms with Gasteiger partial charge in [0.25, 0.3) is 0 Å².